The average Bonchev–Trinajstić information content (AvgIpc) is 3.35. The molecule has 3 heterocycles. The molecule has 1 unspecified atom stereocenters. The Bertz CT molecular complexity index is 1220. The topological polar surface area (TPSA) is 130 Å². The maximum absolute atomic E-state index is 14.2. The summed E-state index contributed by atoms with van der Waals surface area (Å²) in [5, 5.41) is 11.3. The number of likely N-dealkylation sites (tertiary alicyclic amines) is 1. The van der Waals surface area contributed by atoms with Crippen LogP contribution in [0, 0.1) is 17.2 Å². The van der Waals surface area contributed by atoms with Gasteiger partial charge in [-0.3, -0.25) is 14.5 Å². The fourth-order valence-corrected chi connectivity index (χ4v) is 6.13. The summed E-state index contributed by atoms with van der Waals surface area (Å²) in [5.41, 5.74) is 5.52. The predicted molar refractivity (Wildman–Crippen MR) is 154 cm³/mol. The molecule has 224 valence electrons. The number of anilines is 1. The van der Waals surface area contributed by atoms with Gasteiger partial charge in [-0.1, -0.05) is 13.8 Å². The second-order valence-electron chi connectivity index (χ2n) is 11.8. The number of benzene rings is 1. The van der Waals surface area contributed by atoms with Crippen molar-refractivity contribution in [2.24, 2.45) is 17.1 Å². The molecule has 0 bridgehead atoms. The zero-order valence-corrected chi connectivity index (χ0v) is 24.8. The smallest absolute Gasteiger partial charge is 0.282 e. The number of ether oxygens (including phenoxy) is 1. The van der Waals surface area contributed by atoms with Gasteiger partial charge in [0.2, 0.25) is 5.91 Å². The summed E-state index contributed by atoms with van der Waals surface area (Å²) in [6.07, 6.45) is 3.35. The highest BCUT2D eigenvalue weighted by Crippen LogP contribution is 2.44. The molecule has 0 saturated carbocycles. The van der Waals surface area contributed by atoms with Crippen LogP contribution < -0.4 is 20.7 Å². The Labute approximate surface area is 241 Å². The van der Waals surface area contributed by atoms with Crippen LogP contribution in [0.2, 0.25) is 0 Å². The molecule has 2 fully saturated rings. The van der Waals surface area contributed by atoms with Crippen molar-refractivity contribution < 1.29 is 18.7 Å². The molecule has 1 aromatic heterocycles. The summed E-state index contributed by atoms with van der Waals surface area (Å²) in [6.45, 7) is 15.2. The molecule has 2 aromatic rings. The van der Waals surface area contributed by atoms with E-state index < -0.39 is 5.82 Å². The molecule has 2 aliphatic rings. The van der Waals surface area contributed by atoms with Gasteiger partial charge >= 0.3 is 0 Å². The third-order valence-corrected chi connectivity index (χ3v) is 8.14. The van der Waals surface area contributed by atoms with Gasteiger partial charge in [0.1, 0.15) is 17.9 Å². The third-order valence-electron chi connectivity index (χ3n) is 8.14. The van der Waals surface area contributed by atoms with Gasteiger partial charge in [0, 0.05) is 50.2 Å². The van der Waals surface area contributed by atoms with Crippen molar-refractivity contribution >= 4 is 17.6 Å². The Balaban J connectivity index is 1.45. The maximum atomic E-state index is 14.2. The number of amides is 2. The van der Waals surface area contributed by atoms with Crippen molar-refractivity contribution in [2.45, 2.75) is 59.5 Å². The highest BCUT2D eigenvalue weighted by Gasteiger charge is 2.50. The zero-order chi connectivity index (χ0) is 29.7. The van der Waals surface area contributed by atoms with Crippen molar-refractivity contribution in [2.75, 3.05) is 50.7 Å². The van der Waals surface area contributed by atoms with E-state index in [0.29, 0.717) is 24.3 Å². The minimum absolute atomic E-state index is 0.0538. The number of nitrogens with zero attached hydrogens (tertiary/aromatic N) is 6. The van der Waals surface area contributed by atoms with E-state index >= 15 is 0 Å². The number of halogens is 1. The lowest BCUT2D eigenvalue weighted by atomic mass is 9.76. The van der Waals surface area contributed by atoms with E-state index in [-0.39, 0.29) is 47.0 Å². The highest BCUT2D eigenvalue weighted by molar-refractivity contribution is 5.97. The van der Waals surface area contributed by atoms with E-state index in [4.69, 9.17) is 10.5 Å². The molecule has 2 aliphatic heterocycles. The van der Waals surface area contributed by atoms with Crippen LogP contribution in [0.4, 0.5) is 10.2 Å². The van der Waals surface area contributed by atoms with Gasteiger partial charge in [0.15, 0.2) is 5.82 Å². The molecule has 0 radical (unpaired) electrons. The lowest BCUT2D eigenvalue weighted by Crippen LogP contribution is -2.62. The van der Waals surface area contributed by atoms with Crippen molar-refractivity contribution in [1.82, 2.24) is 30.3 Å². The number of hydrogen-bond acceptors (Lipinski definition) is 9. The van der Waals surface area contributed by atoms with Gasteiger partial charge < -0.3 is 25.6 Å². The number of hydrogen-bond donors (Lipinski definition) is 2. The van der Waals surface area contributed by atoms with E-state index in [1.165, 1.54) is 24.5 Å². The minimum atomic E-state index is -0.516. The first kappa shape index (κ1) is 30.6. The van der Waals surface area contributed by atoms with Crippen LogP contribution in [0.5, 0.6) is 11.6 Å². The van der Waals surface area contributed by atoms with Crippen LogP contribution in [0.3, 0.4) is 0 Å². The number of primary amides is 1. The van der Waals surface area contributed by atoms with Crippen LogP contribution in [0.1, 0.15) is 57.8 Å². The number of nitrogens with one attached hydrogen (secondary N) is 1. The van der Waals surface area contributed by atoms with Gasteiger partial charge in [-0.15, -0.1) is 10.2 Å². The van der Waals surface area contributed by atoms with Crippen LogP contribution in [0.15, 0.2) is 24.5 Å². The van der Waals surface area contributed by atoms with Crippen molar-refractivity contribution in [3.8, 4) is 11.6 Å². The summed E-state index contributed by atoms with van der Waals surface area (Å²) >= 11 is 0. The van der Waals surface area contributed by atoms with Crippen LogP contribution in [0.25, 0.3) is 0 Å². The first-order valence-electron chi connectivity index (χ1n) is 14.5. The molecule has 2 saturated heterocycles. The Morgan fingerprint density at radius 1 is 1.22 bits per heavy atom. The molecule has 1 spiro atoms. The van der Waals surface area contributed by atoms with Crippen molar-refractivity contribution in [1.29, 1.82) is 0 Å². The molecular formula is C29H43FN8O3. The normalized spacial score (nSPS) is 17.2. The van der Waals surface area contributed by atoms with Crippen LogP contribution in [-0.4, -0.2) is 94.7 Å². The summed E-state index contributed by atoms with van der Waals surface area (Å²) < 4.78 is 20.4. The van der Waals surface area contributed by atoms with Gasteiger partial charge in [0.25, 0.3) is 11.8 Å². The minimum Gasteiger partial charge on any atom is -0.434 e. The van der Waals surface area contributed by atoms with Gasteiger partial charge in [0.05, 0.1) is 12.1 Å². The predicted octanol–water partition coefficient (Wildman–Crippen LogP) is 2.68. The van der Waals surface area contributed by atoms with Gasteiger partial charge in [-0.2, -0.15) is 0 Å². The molecule has 12 heteroatoms. The fraction of sp³-hybridized carbons (Fsp3) is 0.621. The second-order valence-corrected chi connectivity index (χ2v) is 11.8. The van der Waals surface area contributed by atoms with Gasteiger partial charge in [-0.05, 0) is 64.3 Å². The molecule has 11 nitrogen and oxygen atoms in total. The number of carbonyl (C=O) groups is 2. The van der Waals surface area contributed by atoms with E-state index in [1.54, 1.807) is 4.90 Å². The van der Waals surface area contributed by atoms with Gasteiger partial charge in [-0.25, -0.2) is 9.37 Å². The summed E-state index contributed by atoms with van der Waals surface area (Å²) in [4.78, 5) is 35.2. The Morgan fingerprint density at radius 2 is 1.98 bits per heavy atom. The Kier molecular flexibility index (Phi) is 9.75. The van der Waals surface area contributed by atoms with Crippen molar-refractivity contribution in [3.05, 3.63) is 35.9 Å². The summed E-state index contributed by atoms with van der Waals surface area (Å²) in [6, 6.07) is 4.28. The number of carbonyl (C=O) groups excluding carboxylic acids is 2. The number of nitrogens with two attached hydrogens (primary N) is 1. The molecule has 3 N–H and O–H groups in total. The molecule has 4 rings (SSSR count). The molecule has 1 aromatic carbocycles. The lowest BCUT2D eigenvalue weighted by Gasteiger charge is -2.53. The molecule has 2 amide bonds. The molecular weight excluding hydrogens is 527 g/mol. The van der Waals surface area contributed by atoms with Crippen LogP contribution >= 0.6 is 0 Å². The van der Waals surface area contributed by atoms with Crippen molar-refractivity contribution in [3.63, 3.8) is 0 Å². The highest BCUT2D eigenvalue weighted by atomic mass is 19.1. The first-order valence-corrected chi connectivity index (χ1v) is 14.5. The van der Waals surface area contributed by atoms with E-state index in [2.05, 4.69) is 44.1 Å². The fourth-order valence-electron chi connectivity index (χ4n) is 6.13. The quantitative estimate of drug-likeness (QED) is 0.349. The molecule has 1 atom stereocenters. The SMILES string of the molecule is CCN(C(=O)c1cc(F)ccc1Oc1nncnc1N1CCC2(C1)CN(C(CCNCC(N)=O)C(C)C)C2)C(C)C. The monoisotopic (exact) mass is 570 g/mol. The largest absolute Gasteiger partial charge is 0.434 e. The molecule has 41 heavy (non-hydrogen) atoms. The van der Waals surface area contributed by atoms with E-state index in [9.17, 15) is 14.0 Å². The maximum Gasteiger partial charge on any atom is 0.282 e. The second kappa shape index (κ2) is 13.1. The summed E-state index contributed by atoms with van der Waals surface area (Å²) in [7, 11) is 0. The van der Waals surface area contributed by atoms with Crippen LogP contribution in [-0.2, 0) is 4.79 Å². The zero-order valence-electron chi connectivity index (χ0n) is 24.8. The first-order chi connectivity index (χ1) is 19.5. The Hall–Kier alpha value is -3.38. The average molecular weight is 571 g/mol. The summed E-state index contributed by atoms with van der Waals surface area (Å²) in [5.74, 6) is 0.279. The standard InChI is InChI=1S/C29H43FN8O3/c1-6-38(20(4)5)28(40)22-13-21(30)7-8-24(22)41-27-26(33-18-34-35-27)36-12-10-29(15-36)16-37(17-29)23(19(2)3)9-11-32-14-25(31)39/h7-8,13,18-20,23,32H,6,9-12,14-17H2,1-5H3,(H2,31,39). The molecule has 0 aliphatic carbocycles. The van der Waals surface area contributed by atoms with E-state index in [0.717, 1.165) is 45.6 Å². The number of aromatic nitrogens is 3. The lowest BCUT2D eigenvalue weighted by molar-refractivity contribution is -0.117. The Morgan fingerprint density at radius 3 is 2.63 bits per heavy atom. The number of rotatable bonds is 13. The third kappa shape index (κ3) is 7.10. The van der Waals surface area contributed by atoms with E-state index in [1.807, 2.05) is 20.8 Å².